The molecule has 0 bridgehead atoms. The van der Waals surface area contributed by atoms with Crippen LogP contribution in [0, 0.1) is 0 Å². The third-order valence-electron chi connectivity index (χ3n) is 2.56. The van der Waals surface area contributed by atoms with Gasteiger partial charge in [0.1, 0.15) is 5.82 Å². The minimum Gasteiger partial charge on any atom is -0.499 e. The zero-order valence-electron chi connectivity index (χ0n) is 9.89. The smallest absolute Gasteiger partial charge is 0.416 e. The lowest BCUT2D eigenvalue weighted by Gasteiger charge is -2.12. The maximum absolute atomic E-state index is 12.8. The summed E-state index contributed by atoms with van der Waals surface area (Å²) in [4.78, 5) is 6.84. The number of hydrogen-bond donors (Lipinski definition) is 3. The maximum atomic E-state index is 12.8. The molecule has 0 amide bonds. The van der Waals surface area contributed by atoms with E-state index in [1.165, 1.54) is 18.2 Å². The van der Waals surface area contributed by atoms with Crippen LogP contribution in [-0.2, 0) is 12.6 Å². The predicted octanol–water partition coefficient (Wildman–Crippen LogP) is 2.20. The highest BCUT2D eigenvalue weighted by Gasteiger charge is 2.33. The van der Waals surface area contributed by atoms with Crippen molar-refractivity contribution in [2.75, 3.05) is 0 Å². The van der Waals surface area contributed by atoms with Gasteiger partial charge in [0.05, 0.1) is 5.56 Å². The lowest BCUT2D eigenvalue weighted by atomic mass is 10.0. The summed E-state index contributed by atoms with van der Waals surface area (Å²) in [7, 11) is 0. The molecular weight excluding hydrogens is 277 g/mol. The van der Waals surface area contributed by atoms with Gasteiger partial charge in [0.15, 0.2) is 0 Å². The van der Waals surface area contributed by atoms with Crippen molar-refractivity contribution in [1.29, 1.82) is 0 Å². The highest BCUT2D eigenvalue weighted by molar-refractivity contribution is 5.40. The van der Waals surface area contributed by atoms with E-state index in [-0.39, 0.29) is 17.8 Å². The van der Waals surface area contributed by atoms with Crippen molar-refractivity contribution in [2.45, 2.75) is 12.6 Å². The monoisotopic (exact) mass is 286 g/mol. The van der Waals surface area contributed by atoms with E-state index in [1.807, 2.05) is 0 Å². The molecule has 2 aromatic rings. The van der Waals surface area contributed by atoms with Crippen LogP contribution in [0.2, 0.25) is 0 Å². The Bertz CT molecular complexity index is 621. The van der Waals surface area contributed by atoms with Gasteiger partial charge >= 0.3 is 6.18 Å². The minimum atomic E-state index is -4.53. The lowest BCUT2D eigenvalue weighted by Crippen LogP contribution is -2.10. The summed E-state index contributed by atoms with van der Waals surface area (Å²) in [6.07, 6.45) is -4.88. The van der Waals surface area contributed by atoms with Gasteiger partial charge in [0.25, 0.3) is 11.8 Å². The summed E-state index contributed by atoms with van der Waals surface area (Å²) < 4.78 is 38.4. The molecule has 1 aromatic heterocycles. The Kier molecular flexibility index (Phi) is 3.39. The predicted molar refractivity (Wildman–Crippen MR) is 61.3 cm³/mol. The van der Waals surface area contributed by atoms with Gasteiger partial charge in [-0.05, 0) is 11.6 Å². The summed E-state index contributed by atoms with van der Waals surface area (Å²) in [5, 5.41) is 27.5. The van der Waals surface area contributed by atoms with Gasteiger partial charge in [0.2, 0.25) is 5.75 Å². The van der Waals surface area contributed by atoms with Crippen molar-refractivity contribution >= 4 is 0 Å². The van der Waals surface area contributed by atoms with Crippen molar-refractivity contribution < 1.29 is 28.5 Å². The van der Waals surface area contributed by atoms with Crippen LogP contribution in [0.25, 0.3) is 0 Å². The van der Waals surface area contributed by atoms with Crippen molar-refractivity contribution in [3.63, 3.8) is 0 Å². The van der Waals surface area contributed by atoms with E-state index in [9.17, 15) is 23.4 Å². The fraction of sp³-hybridized carbons (Fsp3) is 0.167. The maximum Gasteiger partial charge on any atom is 0.416 e. The molecule has 0 radical (unpaired) electrons. The van der Waals surface area contributed by atoms with E-state index in [0.29, 0.717) is 0 Å². The molecule has 0 atom stereocenters. The van der Waals surface area contributed by atoms with Crippen LogP contribution in [0.5, 0.6) is 17.5 Å². The second-order valence-corrected chi connectivity index (χ2v) is 3.97. The average Bonchev–Trinajstić information content (AvgIpc) is 2.35. The molecule has 0 fully saturated rings. The first kappa shape index (κ1) is 13.9. The molecule has 2 rings (SSSR count). The van der Waals surface area contributed by atoms with Gasteiger partial charge in [-0.1, -0.05) is 18.2 Å². The van der Waals surface area contributed by atoms with Crippen LogP contribution in [0.15, 0.2) is 24.3 Å². The normalized spacial score (nSPS) is 11.6. The van der Waals surface area contributed by atoms with E-state index >= 15 is 0 Å². The van der Waals surface area contributed by atoms with E-state index < -0.39 is 29.2 Å². The molecule has 0 aliphatic heterocycles. The fourth-order valence-electron chi connectivity index (χ4n) is 1.68. The second-order valence-electron chi connectivity index (χ2n) is 3.97. The standard InChI is InChI=1S/C12H9F3N2O3/c13-12(14,15)7-4-2-1-3-6(7)5-8-16-10(19)9(18)11(20)17-8/h1-4,18H,5H2,(H2,16,17,19,20). The first-order chi connectivity index (χ1) is 9.29. The van der Waals surface area contributed by atoms with Gasteiger partial charge in [-0.25, -0.2) is 0 Å². The van der Waals surface area contributed by atoms with E-state index in [0.717, 1.165) is 6.07 Å². The van der Waals surface area contributed by atoms with E-state index in [2.05, 4.69) is 9.97 Å². The Morgan fingerprint density at radius 2 is 1.50 bits per heavy atom. The van der Waals surface area contributed by atoms with Crippen LogP contribution in [0.3, 0.4) is 0 Å². The molecule has 1 heterocycles. The number of rotatable bonds is 2. The largest absolute Gasteiger partial charge is 0.499 e. The van der Waals surface area contributed by atoms with Crippen LogP contribution in [-0.4, -0.2) is 25.3 Å². The highest BCUT2D eigenvalue weighted by Crippen LogP contribution is 2.34. The Morgan fingerprint density at radius 3 is 2.05 bits per heavy atom. The molecule has 0 unspecified atom stereocenters. The third kappa shape index (κ3) is 2.73. The fourth-order valence-corrected chi connectivity index (χ4v) is 1.68. The van der Waals surface area contributed by atoms with Crippen molar-refractivity contribution in [2.24, 2.45) is 0 Å². The van der Waals surface area contributed by atoms with Gasteiger partial charge in [-0.15, -0.1) is 0 Å². The molecule has 3 N–H and O–H groups in total. The molecule has 0 spiro atoms. The van der Waals surface area contributed by atoms with Crippen molar-refractivity contribution in [1.82, 2.24) is 9.97 Å². The number of nitrogens with zero attached hydrogens (tertiary/aromatic N) is 2. The number of benzene rings is 1. The van der Waals surface area contributed by atoms with Crippen LogP contribution in [0.4, 0.5) is 13.2 Å². The van der Waals surface area contributed by atoms with Gasteiger partial charge < -0.3 is 15.3 Å². The number of halogens is 3. The number of hydrogen-bond acceptors (Lipinski definition) is 5. The molecular formula is C12H9F3N2O3. The molecule has 1 aromatic carbocycles. The Hall–Kier alpha value is -2.51. The zero-order valence-corrected chi connectivity index (χ0v) is 9.89. The first-order valence-corrected chi connectivity index (χ1v) is 5.42. The average molecular weight is 286 g/mol. The number of aromatic hydroxyl groups is 3. The quantitative estimate of drug-likeness (QED) is 0.788. The summed E-state index contributed by atoms with van der Waals surface area (Å²) in [6, 6.07) is 4.83. The van der Waals surface area contributed by atoms with Crippen LogP contribution >= 0.6 is 0 Å². The SMILES string of the molecule is Oc1nc(Cc2ccccc2C(F)(F)F)nc(O)c1O. The molecule has 0 saturated heterocycles. The lowest BCUT2D eigenvalue weighted by molar-refractivity contribution is -0.138. The van der Waals surface area contributed by atoms with Crippen LogP contribution in [0.1, 0.15) is 17.0 Å². The van der Waals surface area contributed by atoms with Gasteiger partial charge in [-0.3, -0.25) is 0 Å². The molecule has 0 saturated carbocycles. The summed E-state index contributed by atoms with van der Waals surface area (Å²) >= 11 is 0. The molecule has 106 valence electrons. The summed E-state index contributed by atoms with van der Waals surface area (Å²) in [5.74, 6) is -2.94. The Labute approximate surface area is 111 Å². The zero-order chi connectivity index (χ0) is 14.9. The number of alkyl halides is 3. The van der Waals surface area contributed by atoms with Crippen LogP contribution < -0.4 is 0 Å². The molecule has 20 heavy (non-hydrogen) atoms. The Morgan fingerprint density at radius 1 is 0.950 bits per heavy atom. The minimum absolute atomic E-state index is 0.107. The molecule has 5 nitrogen and oxygen atoms in total. The molecule has 0 aliphatic carbocycles. The number of aromatic nitrogens is 2. The topological polar surface area (TPSA) is 86.5 Å². The third-order valence-corrected chi connectivity index (χ3v) is 2.56. The van der Waals surface area contributed by atoms with E-state index in [4.69, 9.17) is 5.11 Å². The molecule has 0 aliphatic rings. The Balaban J connectivity index is 2.41. The van der Waals surface area contributed by atoms with E-state index in [1.54, 1.807) is 0 Å². The summed E-state index contributed by atoms with van der Waals surface area (Å²) in [5.41, 5.74) is -0.958. The van der Waals surface area contributed by atoms with Gasteiger partial charge in [-0.2, -0.15) is 23.1 Å². The first-order valence-electron chi connectivity index (χ1n) is 5.42. The second kappa shape index (κ2) is 4.87. The summed E-state index contributed by atoms with van der Waals surface area (Å²) in [6.45, 7) is 0. The highest BCUT2D eigenvalue weighted by atomic mass is 19.4. The van der Waals surface area contributed by atoms with Gasteiger partial charge in [0, 0.05) is 6.42 Å². The van der Waals surface area contributed by atoms with Crippen molar-refractivity contribution in [3.8, 4) is 17.5 Å². The molecule has 8 heteroatoms. The van der Waals surface area contributed by atoms with Crippen molar-refractivity contribution in [3.05, 3.63) is 41.2 Å².